The molecule has 2 aliphatic heterocycles. The van der Waals surface area contributed by atoms with Crippen molar-refractivity contribution in [2.75, 3.05) is 19.0 Å². The molecule has 0 aromatic heterocycles. The first-order valence-corrected chi connectivity index (χ1v) is 11.7. The van der Waals surface area contributed by atoms with Gasteiger partial charge in [0.25, 0.3) is 0 Å². The lowest BCUT2D eigenvalue weighted by Crippen LogP contribution is -2.52. The maximum absolute atomic E-state index is 12.9. The molecule has 0 amide bonds. The Hall–Kier alpha value is -2.63. The molecule has 1 fully saturated rings. The fourth-order valence-corrected chi connectivity index (χ4v) is 6.40. The third kappa shape index (κ3) is 3.26. The van der Waals surface area contributed by atoms with Crippen molar-refractivity contribution in [1.29, 1.82) is 0 Å². The summed E-state index contributed by atoms with van der Waals surface area (Å²) in [5, 5.41) is 14.3. The number of methoxy groups -OCH3 is 1. The SMILES string of the molecule is CCC(O)C[C@@H]1CC(C(=O)OC)=C2Nc3ccccc3[C@]23CCN(Cc2ccccc2)[C@@H]13. The van der Waals surface area contributed by atoms with E-state index in [0.29, 0.717) is 19.3 Å². The van der Waals surface area contributed by atoms with Gasteiger partial charge in [0.05, 0.1) is 24.2 Å². The predicted octanol–water partition coefficient (Wildman–Crippen LogP) is 4.23. The van der Waals surface area contributed by atoms with E-state index in [1.165, 1.54) is 18.2 Å². The number of aliphatic hydroxyl groups is 1. The van der Waals surface area contributed by atoms with Crippen molar-refractivity contribution in [2.24, 2.45) is 5.92 Å². The van der Waals surface area contributed by atoms with Gasteiger partial charge in [-0.3, -0.25) is 4.90 Å². The number of anilines is 1. The summed E-state index contributed by atoms with van der Waals surface area (Å²) in [6.45, 7) is 3.84. The topological polar surface area (TPSA) is 61.8 Å². The molecule has 32 heavy (non-hydrogen) atoms. The number of nitrogens with zero attached hydrogens (tertiary/aromatic N) is 1. The molecule has 2 N–H and O–H groups in total. The van der Waals surface area contributed by atoms with Gasteiger partial charge < -0.3 is 15.2 Å². The van der Waals surface area contributed by atoms with Crippen LogP contribution in [0.2, 0.25) is 0 Å². The number of hydrogen-bond acceptors (Lipinski definition) is 5. The Labute approximate surface area is 190 Å². The van der Waals surface area contributed by atoms with Gasteiger partial charge in [0.2, 0.25) is 0 Å². The first-order chi connectivity index (χ1) is 15.6. The molecule has 1 spiro atoms. The van der Waals surface area contributed by atoms with Crippen LogP contribution in [-0.4, -0.2) is 41.8 Å². The number of hydrogen-bond donors (Lipinski definition) is 2. The van der Waals surface area contributed by atoms with Crippen LogP contribution < -0.4 is 5.32 Å². The van der Waals surface area contributed by atoms with Gasteiger partial charge in [0.15, 0.2) is 0 Å². The second-order valence-corrected chi connectivity index (χ2v) is 9.40. The minimum atomic E-state index is -0.374. The Balaban J connectivity index is 1.65. The van der Waals surface area contributed by atoms with Crippen LogP contribution in [0.1, 0.15) is 43.7 Å². The number of benzene rings is 2. The second kappa shape index (κ2) is 8.38. The Bertz CT molecular complexity index is 1030. The highest BCUT2D eigenvalue weighted by Crippen LogP contribution is 2.59. The zero-order chi connectivity index (χ0) is 22.3. The molecular formula is C27H32N2O3. The van der Waals surface area contributed by atoms with Crippen molar-refractivity contribution in [2.45, 2.75) is 56.7 Å². The zero-order valence-electron chi connectivity index (χ0n) is 18.9. The number of carbonyl (C=O) groups is 1. The molecular weight excluding hydrogens is 400 g/mol. The minimum Gasteiger partial charge on any atom is -0.466 e. The molecule has 1 saturated heterocycles. The molecule has 0 bridgehead atoms. The van der Waals surface area contributed by atoms with E-state index in [0.717, 1.165) is 36.5 Å². The Morgan fingerprint density at radius 2 is 1.97 bits per heavy atom. The maximum atomic E-state index is 12.9. The van der Waals surface area contributed by atoms with E-state index in [4.69, 9.17) is 4.74 Å². The number of ether oxygens (including phenoxy) is 1. The molecule has 4 atom stereocenters. The van der Waals surface area contributed by atoms with E-state index in [9.17, 15) is 9.90 Å². The minimum absolute atomic E-state index is 0.168. The number of nitrogens with one attached hydrogen (secondary N) is 1. The lowest BCUT2D eigenvalue weighted by molar-refractivity contribution is -0.136. The lowest BCUT2D eigenvalue weighted by Gasteiger charge is -2.46. The van der Waals surface area contributed by atoms with Gasteiger partial charge in [-0.05, 0) is 48.8 Å². The smallest absolute Gasteiger partial charge is 0.335 e. The van der Waals surface area contributed by atoms with Crippen LogP contribution in [0.3, 0.4) is 0 Å². The molecule has 5 rings (SSSR count). The number of likely N-dealkylation sites (tertiary alicyclic amines) is 1. The van der Waals surface area contributed by atoms with Crippen molar-refractivity contribution in [3.05, 3.63) is 77.0 Å². The van der Waals surface area contributed by atoms with E-state index >= 15 is 0 Å². The highest BCUT2D eigenvalue weighted by Gasteiger charge is 2.60. The van der Waals surface area contributed by atoms with Gasteiger partial charge in [-0.25, -0.2) is 4.79 Å². The highest BCUT2D eigenvalue weighted by atomic mass is 16.5. The largest absolute Gasteiger partial charge is 0.466 e. The van der Waals surface area contributed by atoms with E-state index in [2.05, 4.69) is 58.7 Å². The Morgan fingerprint density at radius 3 is 2.72 bits per heavy atom. The number of rotatable bonds is 6. The van der Waals surface area contributed by atoms with Gasteiger partial charge in [-0.2, -0.15) is 0 Å². The molecule has 5 heteroatoms. The average Bonchev–Trinajstić information content (AvgIpc) is 3.37. The first kappa shape index (κ1) is 21.2. The summed E-state index contributed by atoms with van der Waals surface area (Å²) < 4.78 is 5.23. The molecule has 2 heterocycles. The monoisotopic (exact) mass is 432 g/mol. The molecule has 2 aromatic carbocycles. The van der Waals surface area contributed by atoms with Crippen LogP contribution in [0.15, 0.2) is 65.9 Å². The molecule has 0 radical (unpaired) electrons. The van der Waals surface area contributed by atoms with E-state index in [1.807, 2.05) is 13.0 Å². The van der Waals surface area contributed by atoms with Crippen LogP contribution in [-0.2, 0) is 21.5 Å². The maximum Gasteiger partial charge on any atom is 0.335 e. The third-order valence-electron chi connectivity index (χ3n) is 7.73. The summed E-state index contributed by atoms with van der Waals surface area (Å²) >= 11 is 0. The molecule has 1 unspecified atom stereocenters. The molecule has 3 aliphatic rings. The summed E-state index contributed by atoms with van der Waals surface area (Å²) in [5.41, 5.74) is 5.15. The summed E-state index contributed by atoms with van der Waals surface area (Å²) in [6, 6.07) is 19.3. The van der Waals surface area contributed by atoms with Crippen LogP contribution in [0.4, 0.5) is 5.69 Å². The van der Waals surface area contributed by atoms with Crippen LogP contribution in [0.5, 0.6) is 0 Å². The second-order valence-electron chi connectivity index (χ2n) is 9.40. The first-order valence-electron chi connectivity index (χ1n) is 11.7. The lowest BCUT2D eigenvalue weighted by atomic mass is 9.62. The number of para-hydroxylation sites is 1. The molecule has 5 nitrogen and oxygen atoms in total. The van der Waals surface area contributed by atoms with Crippen molar-refractivity contribution in [3.63, 3.8) is 0 Å². The van der Waals surface area contributed by atoms with Gasteiger partial charge >= 0.3 is 5.97 Å². The molecule has 2 aromatic rings. The average molecular weight is 433 g/mol. The summed E-state index contributed by atoms with van der Waals surface area (Å²) in [6.07, 6.45) is 2.60. The fourth-order valence-electron chi connectivity index (χ4n) is 6.40. The normalized spacial score (nSPS) is 27.3. The van der Waals surface area contributed by atoms with Crippen molar-refractivity contribution >= 4 is 11.7 Å². The van der Waals surface area contributed by atoms with Crippen LogP contribution in [0, 0.1) is 5.92 Å². The Morgan fingerprint density at radius 1 is 1.22 bits per heavy atom. The van der Waals surface area contributed by atoms with Gasteiger partial charge in [-0.1, -0.05) is 55.5 Å². The summed E-state index contributed by atoms with van der Waals surface area (Å²) in [4.78, 5) is 15.5. The molecule has 1 aliphatic carbocycles. The van der Waals surface area contributed by atoms with E-state index in [1.54, 1.807) is 0 Å². The number of carbonyl (C=O) groups excluding carboxylic acids is 1. The Kier molecular flexibility index (Phi) is 5.56. The van der Waals surface area contributed by atoms with Gasteiger partial charge in [-0.15, -0.1) is 0 Å². The van der Waals surface area contributed by atoms with Gasteiger partial charge in [0.1, 0.15) is 0 Å². The standard InChI is InChI=1S/C27H32N2O3/c1-3-20(30)15-19-16-21(26(31)32-2)24-27(22-11-7-8-12-23(22)28-24)13-14-29(25(19)27)17-18-9-5-4-6-10-18/h4-12,19-20,25,28,30H,3,13-17H2,1-2H3/t19-,20?,25+,27-/m1/s1. The van der Waals surface area contributed by atoms with Crippen molar-refractivity contribution < 1.29 is 14.6 Å². The number of aliphatic hydroxyl groups excluding tert-OH is 1. The zero-order valence-corrected chi connectivity index (χ0v) is 18.9. The van der Waals surface area contributed by atoms with Gasteiger partial charge in [0, 0.05) is 30.5 Å². The highest BCUT2D eigenvalue weighted by molar-refractivity contribution is 5.93. The van der Waals surface area contributed by atoms with E-state index in [-0.39, 0.29) is 29.4 Å². The quantitative estimate of drug-likeness (QED) is 0.669. The van der Waals surface area contributed by atoms with Crippen LogP contribution in [0.25, 0.3) is 0 Å². The third-order valence-corrected chi connectivity index (χ3v) is 7.73. The fraction of sp³-hybridized carbons (Fsp3) is 0.444. The predicted molar refractivity (Wildman–Crippen MR) is 125 cm³/mol. The summed E-state index contributed by atoms with van der Waals surface area (Å²) in [5.74, 6) is -0.0856. The molecule has 0 saturated carbocycles. The van der Waals surface area contributed by atoms with E-state index < -0.39 is 0 Å². The number of fused-ring (bicyclic) bond motifs is 1. The molecule has 168 valence electrons. The summed E-state index contributed by atoms with van der Waals surface area (Å²) in [7, 11) is 1.46. The van der Waals surface area contributed by atoms with Crippen molar-refractivity contribution in [1.82, 2.24) is 4.90 Å². The van der Waals surface area contributed by atoms with Crippen LogP contribution >= 0.6 is 0 Å². The van der Waals surface area contributed by atoms with Crippen molar-refractivity contribution in [3.8, 4) is 0 Å². The number of esters is 1.